The highest BCUT2D eigenvalue weighted by molar-refractivity contribution is 9.10. The molecule has 0 aromatic carbocycles. The Morgan fingerprint density at radius 1 is 1.53 bits per heavy atom. The van der Waals surface area contributed by atoms with Gasteiger partial charge in [-0.05, 0) is 28.8 Å². The highest BCUT2D eigenvalue weighted by atomic mass is 79.9. The average Bonchev–Trinajstić information content (AvgIpc) is 2.85. The Morgan fingerprint density at radius 2 is 2.20 bits per heavy atom. The maximum Gasteiger partial charge on any atom is 0.243 e. The van der Waals surface area contributed by atoms with Crippen molar-refractivity contribution < 1.29 is 13.2 Å². The maximum atomic E-state index is 11.2. The minimum absolute atomic E-state index is 0.0717. The van der Waals surface area contributed by atoms with Crippen LogP contribution in [0.2, 0.25) is 0 Å². The highest BCUT2D eigenvalue weighted by Crippen LogP contribution is 2.31. The van der Waals surface area contributed by atoms with Gasteiger partial charge < -0.3 is 4.74 Å². The lowest BCUT2D eigenvalue weighted by Gasteiger charge is -2.08. The molecule has 82 valence electrons. The third-order valence-corrected chi connectivity index (χ3v) is 3.28. The summed E-state index contributed by atoms with van der Waals surface area (Å²) < 4.78 is 28.4. The number of nitrogens with two attached hydrogens (primary N) is 1. The molecule has 5 nitrogen and oxygen atoms in total. The highest BCUT2D eigenvalue weighted by Gasteiger charge is 2.26. The predicted molar refractivity (Wildman–Crippen MR) is 57.0 cm³/mol. The van der Waals surface area contributed by atoms with E-state index >= 15 is 0 Å². The van der Waals surface area contributed by atoms with Gasteiger partial charge in [-0.3, -0.25) is 0 Å². The molecular formula is C8H9BrN2O3S. The molecule has 1 aliphatic rings. The number of nitrogens with zero attached hydrogens (tertiary/aromatic N) is 1. The SMILES string of the molecule is NS(=O)(=O)c1cnc(Br)cc1OC1CC1. The second kappa shape index (κ2) is 3.73. The van der Waals surface area contributed by atoms with Gasteiger partial charge in [0.2, 0.25) is 10.0 Å². The minimum Gasteiger partial charge on any atom is -0.489 e. The van der Waals surface area contributed by atoms with Crippen molar-refractivity contribution in [1.82, 2.24) is 4.98 Å². The first-order chi connectivity index (χ1) is 6.97. The largest absolute Gasteiger partial charge is 0.489 e. The van der Waals surface area contributed by atoms with Gasteiger partial charge >= 0.3 is 0 Å². The topological polar surface area (TPSA) is 82.3 Å². The third-order valence-electron chi connectivity index (χ3n) is 1.92. The van der Waals surface area contributed by atoms with Crippen molar-refractivity contribution in [2.75, 3.05) is 0 Å². The Kier molecular flexibility index (Phi) is 2.70. The summed E-state index contributed by atoms with van der Waals surface area (Å²) >= 11 is 3.15. The summed E-state index contributed by atoms with van der Waals surface area (Å²) in [6, 6.07) is 1.51. The van der Waals surface area contributed by atoms with Crippen LogP contribution in [-0.4, -0.2) is 19.5 Å². The lowest BCUT2D eigenvalue weighted by Crippen LogP contribution is -2.14. The van der Waals surface area contributed by atoms with Crippen molar-refractivity contribution in [2.24, 2.45) is 5.14 Å². The number of hydrogen-bond donors (Lipinski definition) is 1. The van der Waals surface area contributed by atoms with E-state index in [0.29, 0.717) is 4.60 Å². The Balaban J connectivity index is 2.43. The van der Waals surface area contributed by atoms with E-state index in [9.17, 15) is 8.42 Å². The van der Waals surface area contributed by atoms with Crippen LogP contribution < -0.4 is 9.88 Å². The van der Waals surface area contributed by atoms with Crippen molar-refractivity contribution in [3.63, 3.8) is 0 Å². The molecule has 0 atom stereocenters. The van der Waals surface area contributed by atoms with Crippen LogP contribution in [-0.2, 0) is 10.0 Å². The molecule has 0 amide bonds. The number of rotatable bonds is 3. The van der Waals surface area contributed by atoms with Gasteiger partial charge in [0.15, 0.2) is 0 Å². The molecule has 0 bridgehead atoms. The van der Waals surface area contributed by atoms with Gasteiger partial charge in [-0.25, -0.2) is 18.5 Å². The van der Waals surface area contributed by atoms with E-state index in [1.165, 1.54) is 12.3 Å². The van der Waals surface area contributed by atoms with Crippen LogP contribution >= 0.6 is 15.9 Å². The fourth-order valence-corrected chi connectivity index (χ4v) is 1.97. The van der Waals surface area contributed by atoms with Crippen LogP contribution in [0.25, 0.3) is 0 Å². The van der Waals surface area contributed by atoms with Gasteiger partial charge in [0.1, 0.15) is 15.2 Å². The first kappa shape index (κ1) is 10.8. The molecule has 1 aliphatic carbocycles. The molecule has 2 rings (SSSR count). The van der Waals surface area contributed by atoms with E-state index in [1.807, 2.05) is 0 Å². The van der Waals surface area contributed by atoms with Gasteiger partial charge in [0.05, 0.1) is 12.3 Å². The lowest BCUT2D eigenvalue weighted by molar-refractivity contribution is 0.294. The molecular weight excluding hydrogens is 284 g/mol. The van der Waals surface area contributed by atoms with Gasteiger partial charge in [0.25, 0.3) is 0 Å². The monoisotopic (exact) mass is 292 g/mol. The van der Waals surface area contributed by atoms with Crippen LogP contribution in [0.1, 0.15) is 12.8 Å². The number of aromatic nitrogens is 1. The van der Waals surface area contributed by atoms with Crippen LogP contribution in [0.4, 0.5) is 0 Å². The van der Waals surface area contributed by atoms with E-state index in [-0.39, 0.29) is 16.7 Å². The summed E-state index contributed by atoms with van der Waals surface area (Å²) in [7, 11) is -3.78. The Hall–Kier alpha value is -0.660. The summed E-state index contributed by atoms with van der Waals surface area (Å²) in [5.41, 5.74) is 0. The molecule has 15 heavy (non-hydrogen) atoms. The molecule has 1 aromatic rings. The summed E-state index contributed by atoms with van der Waals surface area (Å²) in [6.45, 7) is 0. The number of halogens is 1. The molecule has 0 saturated heterocycles. The second-order valence-electron chi connectivity index (χ2n) is 3.32. The molecule has 1 saturated carbocycles. The van der Waals surface area contributed by atoms with E-state index in [2.05, 4.69) is 20.9 Å². The zero-order valence-electron chi connectivity index (χ0n) is 7.68. The molecule has 2 N–H and O–H groups in total. The van der Waals surface area contributed by atoms with Crippen LogP contribution in [0.3, 0.4) is 0 Å². The first-order valence-corrected chi connectivity index (χ1v) is 6.66. The van der Waals surface area contributed by atoms with E-state index in [0.717, 1.165) is 12.8 Å². The minimum atomic E-state index is -3.78. The normalized spacial score (nSPS) is 16.4. The average molecular weight is 293 g/mol. The fourth-order valence-electron chi connectivity index (χ4n) is 1.07. The van der Waals surface area contributed by atoms with Crippen molar-refractivity contribution in [1.29, 1.82) is 0 Å². The number of sulfonamides is 1. The molecule has 1 heterocycles. The summed E-state index contributed by atoms with van der Waals surface area (Å²) in [6.07, 6.45) is 3.20. The number of hydrogen-bond acceptors (Lipinski definition) is 4. The van der Waals surface area contributed by atoms with Crippen LogP contribution in [0, 0.1) is 0 Å². The molecule has 0 aliphatic heterocycles. The molecule has 7 heteroatoms. The second-order valence-corrected chi connectivity index (χ2v) is 5.66. The van der Waals surface area contributed by atoms with Crippen molar-refractivity contribution >= 4 is 26.0 Å². The Labute approximate surface area is 95.8 Å². The molecule has 1 aromatic heterocycles. The van der Waals surface area contributed by atoms with E-state index in [4.69, 9.17) is 9.88 Å². The summed E-state index contributed by atoms with van der Waals surface area (Å²) in [4.78, 5) is 3.74. The predicted octanol–water partition coefficient (Wildman–Crippen LogP) is 1.03. The summed E-state index contributed by atoms with van der Waals surface area (Å²) in [5.74, 6) is 0.266. The summed E-state index contributed by atoms with van der Waals surface area (Å²) in [5, 5.41) is 5.04. The van der Waals surface area contributed by atoms with Gasteiger partial charge in [0, 0.05) is 6.07 Å². The standard InChI is InChI=1S/C8H9BrN2O3S/c9-8-3-6(14-5-1-2-5)7(4-11-8)15(10,12)13/h3-5H,1-2H2,(H2,10,12,13). The first-order valence-electron chi connectivity index (χ1n) is 4.32. The van der Waals surface area contributed by atoms with Crippen molar-refractivity contribution in [3.8, 4) is 5.75 Å². The lowest BCUT2D eigenvalue weighted by atomic mass is 10.4. The Morgan fingerprint density at radius 3 is 2.73 bits per heavy atom. The van der Waals surface area contributed by atoms with E-state index < -0.39 is 10.0 Å². The van der Waals surface area contributed by atoms with E-state index in [1.54, 1.807) is 0 Å². The van der Waals surface area contributed by atoms with Gasteiger partial charge in [-0.1, -0.05) is 0 Å². The Bertz CT molecular complexity index is 485. The molecule has 0 spiro atoms. The van der Waals surface area contributed by atoms with Crippen molar-refractivity contribution in [3.05, 3.63) is 16.9 Å². The molecule has 0 unspecified atom stereocenters. The van der Waals surface area contributed by atoms with Crippen LogP contribution in [0.5, 0.6) is 5.75 Å². The maximum absolute atomic E-state index is 11.2. The third kappa shape index (κ3) is 2.67. The van der Waals surface area contributed by atoms with Gasteiger partial charge in [-0.15, -0.1) is 0 Å². The number of pyridine rings is 1. The van der Waals surface area contributed by atoms with Gasteiger partial charge in [-0.2, -0.15) is 0 Å². The zero-order valence-corrected chi connectivity index (χ0v) is 10.1. The zero-order chi connectivity index (χ0) is 11.1. The molecule has 1 fully saturated rings. The van der Waals surface area contributed by atoms with Crippen molar-refractivity contribution in [2.45, 2.75) is 23.8 Å². The number of primary sulfonamides is 1. The molecule has 0 radical (unpaired) electrons. The smallest absolute Gasteiger partial charge is 0.243 e. The van der Waals surface area contributed by atoms with Crippen LogP contribution in [0.15, 0.2) is 21.8 Å². The quantitative estimate of drug-likeness (QED) is 0.844. The fraction of sp³-hybridized carbons (Fsp3) is 0.375. The number of ether oxygens (including phenoxy) is 1.